The first kappa shape index (κ1) is 24.3. The van der Waals surface area contributed by atoms with E-state index in [1.165, 1.54) is 6.33 Å². The van der Waals surface area contributed by atoms with Crippen LogP contribution in [0.15, 0.2) is 66.3 Å². The van der Waals surface area contributed by atoms with Crippen LogP contribution in [0.25, 0.3) is 11.3 Å². The molecule has 174 valence electrons. The summed E-state index contributed by atoms with van der Waals surface area (Å²) in [5.74, 6) is -0.124. The second-order valence-corrected chi connectivity index (χ2v) is 7.96. The number of alkyl halides is 1. The van der Waals surface area contributed by atoms with E-state index in [0.717, 1.165) is 23.3 Å². The molecule has 0 aliphatic heterocycles. The van der Waals surface area contributed by atoms with E-state index in [1.807, 2.05) is 32.9 Å². The molecule has 3 atom stereocenters. The van der Waals surface area contributed by atoms with E-state index in [2.05, 4.69) is 32.2 Å². The van der Waals surface area contributed by atoms with E-state index in [1.54, 1.807) is 24.4 Å². The number of anilines is 2. The number of allylic oxidation sites excluding steroid dienone is 3. The van der Waals surface area contributed by atoms with Crippen LogP contribution >= 0.6 is 0 Å². The third kappa shape index (κ3) is 6.10. The van der Waals surface area contributed by atoms with Gasteiger partial charge >= 0.3 is 0 Å². The summed E-state index contributed by atoms with van der Waals surface area (Å²) in [5, 5.41) is 16.2. The zero-order chi connectivity index (χ0) is 24.0. The summed E-state index contributed by atoms with van der Waals surface area (Å²) in [4.78, 5) is 24.9. The lowest BCUT2D eigenvalue weighted by molar-refractivity contribution is -0.117. The topological polar surface area (TPSA) is 100 Å². The maximum absolute atomic E-state index is 13.2. The van der Waals surface area contributed by atoms with Crippen LogP contribution in [0.1, 0.15) is 40.0 Å². The molecule has 2 aromatic rings. The van der Waals surface area contributed by atoms with Crippen LogP contribution in [0.4, 0.5) is 16.0 Å². The van der Waals surface area contributed by atoms with E-state index >= 15 is 0 Å². The second-order valence-electron chi connectivity index (χ2n) is 7.96. The highest BCUT2D eigenvalue weighted by molar-refractivity contribution is 5.94. The van der Waals surface area contributed by atoms with Gasteiger partial charge in [0.05, 0.1) is 17.7 Å². The third-order valence-electron chi connectivity index (χ3n) is 5.56. The Morgan fingerprint density at radius 3 is 2.73 bits per heavy atom. The Kier molecular flexibility index (Phi) is 8.06. The number of nitrogens with zero attached hydrogens (tertiary/aromatic N) is 3. The molecule has 1 aliphatic rings. The van der Waals surface area contributed by atoms with Crippen molar-refractivity contribution < 1.29 is 14.3 Å². The van der Waals surface area contributed by atoms with Gasteiger partial charge in [-0.1, -0.05) is 26.5 Å². The van der Waals surface area contributed by atoms with E-state index in [0.29, 0.717) is 29.3 Å². The molecule has 2 heterocycles. The zero-order valence-electron chi connectivity index (χ0n) is 19.2. The molecule has 1 saturated carbocycles. The van der Waals surface area contributed by atoms with Crippen LogP contribution in [0.2, 0.25) is 0 Å². The average molecular weight is 452 g/mol. The van der Waals surface area contributed by atoms with Gasteiger partial charge < -0.3 is 15.7 Å². The van der Waals surface area contributed by atoms with Crippen molar-refractivity contribution in [1.82, 2.24) is 15.0 Å². The Labute approximate surface area is 193 Å². The summed E-state index contributed by atoms with van der Waals surface area (Å²) in [6.45, 7) is 9.81. The smallest absolute Gasteiger partial charge is 0.231 e. The lowest BCUT2D eigenvalue weighted by atomic mass is 10.0. The molecule has 33 heavy (non-hydrogen) atoms. The van der Waals surface area contributed by atoms with E-state index in [-0.39, 0.29) is 12.3 Å². The van der Waals surface area contributed by atoms with Gasteiger partial charge in [0.1, 0.15) is 24.1 Å². The normalized spacial score (nSPS) is 19.4. The van der Waals surface area contributed by atoms with E-state index < -0.39 is 18.2 Å². The van der Waals surface area contributed by atoms with Gasteiger partial charge in [-0.2, -0.15) is 0 Å². The van der Waals surface area contributed by atoms with Gasteiger partial charge in [0, 0.05) is 23.5 Å². The monoisotopic (exact) mass is 451 g/mol. The first-order valence-corrected chi connectivity index (χ1v) is 11.1. The largest absolute Gasteiger partial charge is 0.389 e. The van der Waals surface area contributed by atoms with Crippen LogP contribution in [-0.4, -0.2) is 38.2 Å². The molecule has 1 amide bonds. The lowest BCUT2D eigenvalue weighted by Crippen LogP contribution is -2.16. The van der Waals surface area contributed by atoms with Crippen molar-refractivity contribution in [2.24, 2.45) is 5.92 Å². The molecule has 0 aromatic carbocycles. The maximum atomic E-state index is 13.2. The number of carbonyl (C=O) groups is 1. The van der Waals surface area contributed by atoms with Crippen LogP contribution in [-0.2, 0) is 4.79 Å². The predicted molar refractivity (Wildman–Crippen MR) is 128 cm³/mol. The first-order valence-electron chi connectivity index (χ1n) is 11.1. The number of rotatable bonds is 10. The van der Waals surface area contributed by atoms with Gasteiger partial charge in [-0.05, 0) is 55.5 Å². The minimum atomic E-state index is -1.08. The van der Waals surface area contributed by atoms with Crippen LogP contribution < -0.4 is 10.6 Å². The first-order chi connectivity index (χ1) is 15.9. The molecule has 3 N–H and O–H groups in total. The number of hydrogen-bond donors (Lipinski definition) is 3. The number of aromatic nitrogens is 3. The molecular formula is C25H30FN5O2. The molecule has 1 fully saturated rings. The van der Waals surface area contributed by atoms with Crippen LogP contribution in [0, 0.1) is 5.92 Å². The summed E-state index contributed by atoms with van der Waals surface area (Å²) in [6, 6.07) is 5.27. The van der Waals surface area contributed by atoms with Crippen molar-refractivity contribution in [3.8, 4) is 11.3 Å². The quantitative estimate of drug-likeness (QED) is 0.448. The molecular weight excluding hydrogens is 421 g/mol. The molecule has 1 aliphatic carbocycles. The van der Waals surface area contributed by atoms with Crippen LogP contribution in [0.5, 0.6) is 0 Å². The fourth-order valence-corrected chi connectivity index (χ4v) is 3.43. The lowest BCUT2D eigenvalue weighted by Gasteiger charge is -2.15. The zero-order valence-corrected chi connectivity index (χ0v) is 19.2. The third-order valence-corrected chi connectivity index (χ3v) is 5.56. The van der Waals surface area contributed by atoms with E-state index in [9.17, 15) is 14.3 Å². The van der Waals surface area contributed by atoms with Crippen molar-refractivity contribution in [1.29, 1.82) is 0 Å². The molecule has 3 rings (SSSR count). The van der Waals surface area contributed by atoms with Gasteiger partial charge in [0.15, 0.2) is 0 Å². The number of aliphatic hydroxyl groups excluding tert-OH is 1. The van der Waals surface area contributed by atoms with Crippen LogP contribution in [0.3, 0.4) is 0 Å². The Hall–Kier alpha value is -3.39. The summed E-state index contributed by atoms with van der Waals surface area (Å²) in [7, 11) is 0. The van der Waals surface area contributed by atoms with Crippen molar-refractivity contribution in [2.45, 2.75) is 52.3 Å². The second kappa shape index (κ2) is 11.0. The summed E-state index contributed by atoms with van der Waals surface area (Å²) in [5.41, 5.74) is 3.85. The van der Waals surface area contributed by atoms with Gasteiger partial charge in [0.2, 0.25) is 5.91 Å². The summed E-state index contributed by atoms with van der Waals surface area (Å²) >= 11 is 0. The molecule has 0 radical (unpaired) electrons. The molecule has 0 unspecified atom stereocenters. The van der Waals surface area contributed by atoms with E-state index in [4.69, 9.17) is 0 Å². The van der Waals surface area contributed by atoms with Gasteiger partial charge in [-0.15, -0.1) is 0 Å². The maximum Gasteiger partial charge on any atom is 0.231 e. The highest BCUT2D eigenvalue weighted by Gasteiger charge is 2.43. The predicted octanol–water partition coefficient (Wildman–Crippen LogP) is 4.81. The molecule has 8 heteroatoms. The van der Waals surface area contributed by atoms with Crippen molar-refractivity contribution >= 4 is 17.5 Å². The molecule has 0 spiro atoms. The van der Waals surface area contributed by atoms with Gasteiger partial charge in [-0.25, -0.2) is 19.3 Å². The highest BCUT2D eigenvalue weighted by Crippen LogP contribution is 2.35. The number of amides is 1. The Balaban J connectivity index is 1.88. The van der Waals surface area contributed by atoms with Gasteiger partial charge in [-0.3, -0.25) is 4.79 Å². The summed E-state index contributed by atoms with van der Waals surface area (Å²) < 4.78 is 13.2. The minimum absolute atomic E-state index is 0.250. The Morgan fingerprint density at radius 2 is 2.09 bits per heavy atom. The van der Waals surface area contributed by atoms with Crippen molar-refractivity contribution in [3.63, 3.8) is 0 Å². The molecule has 2 aromatic heterocycles. The van der Waals surface area contributed by atoms with Crippen molar-refractivity contribution in [2.75, 3.05) is 10.6 Å². The fourth-order valence-electron chi connectivity index (χ4n) is 3.43. The average Bonchev–Trinajstić information content (AvgIpc) is 3.57. The highest BCUT2D eigenvalue weighted by atomic mass is 19.1. The number of pyridine rings is 1. The fraction of sp³-hybridized carbons (Fsp3) is 0.360. The minimum Gasteiger partial charge on any atom is -0.389 e. The van der Waals surface area contributed by atoms with Crippen molar-refractivity contribution in [3.05, 3.63) is 66.3 Å². The number of hydrogen-bond acceptors (Lipinski definition) is 6. The number of nitrogens with one attached hydrogen (secondary N) is 2. The standard InChI is InChI=1S/C25H30FN5O2/c1-5-16(22(32)7-3)11-15(4)20(6-2)30-24-17(9-8-10-27-24)21-13-23(29-14-28-21)31-25(33)18-12-19(18)26/h6,8-11,13-14,18-19,22,32H,2,5,7,12H2,1,3-4H3,(H,27,30)(H,28,29,31,33)/b16-11+,20-15+/t18-,19+,22-/m1/s1. The number of aliphatic hydroxyl groups is 1. The molecule has 0 saturated heterocycles. The Bertz CT molecular complexity index is 1080. The SMILES string of the molecule is C=C/C(Nc1ncccc1-c1cc(NC(=O)[C@@H]2C[C@@H]2F)ncn1)=C(C)\C=C(/CC)[C@H](O)CC. The molecule has 7 nitrogen and oxygen atoms in total. The number of carbonyl (C=O) groups excluding carboxylic acids is 1. The van der Waals surface area contributed by atoms with Gasteiger partial charge in [0.25, 0.3) is 0 Å². The molecule has 0 bridgehead atoms. The summed E-state index contributed by atoms with van der Waals surface area (Å²) in [6.07, 6.45) is 6.75. The number of halogens is 1. The Morgan fingerprint density at radius 1 is 1.33 bits per heavy atom.